The Labute approximate surface area is 104 Å². The summed E-state index contributed by atoms with van der Waals surface area (Å²) in [7, 11) is 1.96. The standard InChI is InChI=1S/C14H23NO2/c1-11-4-5-12(2)13(8-11)6-7-15(3)9-14(17)10-16/h4-5,8,14,16-17H,6-7,9-10H2,1-3H3. The number of likely N-dealkylation sites (N-methyl/N-ethyl adjacent to an activating group) is 1. The average molecular weight is 237 g/mol. The van der Waals surface area contributed by atoms with Crippen LogP contribution in [0.2, 0.25) is 0 Å². The quantitative estimate of drug-likeness (QED) is 0.779. The van der Waals surface area contributed by atoms with Crippen molar-refractivity contribution in [3.8, 4) is 0 Å². The van der Waals surface area contributed by atoms with E-state index >= 15 is 0 Å². The van der Waals surface area contributed by atoms with Crippen molar-refractivity contribution in [2.24, 2.45) is 0 Å². The number of rotatable bonds is 6. The van der Waals surface area contributed by atoms with Crippen LogP contribution in [0, 0.1) is 13.8 Å². The third kappa shape index (κ3) is 4.86. The van der Waals surface area contributed by atoms with Crippen LogP contribution >= 0.6 is 0 Å². The molecule has 0 amide bonds. The van der Waals surface area contributed by atoms with Crippen LogP contribution in [0.5, 0.6) is 0 Å². The summed E-state index contributed by atoms with van der Waals surface area (Å²) in [6.45, 7) is 5.45. The van der Waals surface area contributed by atoms with E-state index in [1.165, 1.54) is 16.7 Å². The van der Waals surface area contributed by atoms with Crippen LogP contribution in [0.1, 0.15) is 16.7 Å². The first kappa shape index (κ1) is 14.2. The fourth-order valence-corrected chi connectivity index (χ4v) is 1.89. The molecule has 0 bridgehead atoms. The van der Waals surface area contributed by atoms with Gasteiger partial charge in [0, 0.05) is 13.1 Å². The molecule has 0 aromatic heterocycles. The smallest absolute Gasteiger partial charge is 0.0897 e. The molecule has 1 atom stereocenters. The van der Waals surface area contributed by atoms with E-state index in [2.05, 4.69) is 32.0 Å². The van der Waals surface area contributed by atoms with Crippen molar-refractivity contribution in [1.29, 1.82) is 0 Å². The lowest BCUT2D eigenvalue weighted by Crippen LogP contribution is -2.32. The van der Waals surface area contributed by atoms with E-state index in [0.717, 1.165) is 13.0 Å². The molecule has 1 aromatic rings. The first-order valence-electron chi connectivity index (χ1n) is 6.06. The van der Waals surface area contributed by atoms with Gasteiger partial charge in [-0.3, -0.25) is 0 Å². The molecule has 17 heavy (non-hydrogen) atoms. The van der Waals surface area contributed by atoms with Gasteiger partial charge in [-0.05, 0) is 38.4 Å². The Morgan fingerprint density at radius 3 is 2.65 bits per heavy atom. The zero-order chi connectivity index (χ0) is 12.8. The number of aliphatic hydroxyl groups is 2. The maximum Gasteiger partial charge on any atom is 0.0897 e. The van der Waals surface area contributed by atoms with Gasteiger partial charge in [-0.2, -0.15) is 0 Å². The minimum Gasteiger partial charge on any atom is -0.394 e. The molecule has 3 nitrogen and oxygen atoms in total. The molecule has 0 saturated carbocycles. The van der Waals surface area contributed by atoms with Crippen LogP contribution in [0.3, 0.4) is 0 Å². The van der Waals surface area contributed by atoms with Crippen LogP contribution in [0.4, 0.5) is 0 Å². The predicted molar refractivity (Wildman–Crippen MR) is 70.2 cm³/mol. The molecule has 0 spiro atoms. The van der Waals surface area contributed by atoms with Crippen molar-refractivity contribution in [2.75, 3.05) is 26.7 Å². The van der Waals surface area contributed by atoms with Crippen LogP contribution in [-0.2, 0) is 6.42 Å². The Bertz CT molecular complexity index is 352. The van der Waals surface area contributed by atoms with Gasteiger partial charge in [0.1, 0.15) is 0 Å². The van der Waals surface area contributed by atoms with Crippen molar-refractivity contribution in [2.45, 2.75) is 26.4 Å². The second-order valence-electron chi connectivity index (χ2n) is 4.78. The fraction of sp³-hybridized carbons (Fsp3) is 0.571. The van der Waals surface area contributed by atoms with Crippen LogP contribution in [0.15, 0.2) is 18.2 Å². The molecular weight excluding hydrogens is 214 g/mol. The summed E-state index contributed by atoms with van der Waals surface area (Å²) in [6.07, 6.45) is 0.334. The summed E-state index contributed by atoms with van der Waals surface area (Å²) in [6, 6.07) is 6.48. The van der Waals surface area contributed by atoms with Gasteiger partial charge in [-0.1, -0.05) is 23.8 Å². The van der Waals surface area contributed by atoms with Gasteiger partial charge in [-0.25, -0.2) is 0 Å². The number of hydrogen-bond donors (Lipinski definition) is 2. The lowest BCUT2D eigenvalue weighted by atomic mass is 10.0. The highest BCUT2D eigenvalue weighted by Gasteiger charge is 2.07. The molecule has 96 valence electrons. The zero-order valence-corrected chi connectivity index (χ0v) is 11.0. The van der Waals surface area contributed by atoms with Gasteiger partial charge in [-0.15, -0.1) is 0 Å². The molecular formula is C14H23NO2. The number of nitrogens with zero attached hydrogens (tertiary/aromatic N) is 1. The largest absolute Gasteiger partial charge is 0.394 e. The monoisotopic (exact) mass is 237 g/mol. The van der Waals surface area contributed by atoms with Crippen LogP contribution < -0.4 is 0 Å². The van der Waals surface area contributed by atoms with E-state index in [-0.39, 0.29) is 6.61 Å². The van der Waals surface area contributed by atoms with E-state index in [1.807, 2.05) is 11.9 Å². The van der Waals surface area contributed by atoms with E-state index in [0.29, 0.717) is 6.54 Å². The summed E-state index contributed by atoms with van der Waals surface area (Å²) < 4.78 is 0. The second kappa shape index (κ2) is 6.74. The van der Waals surface area contributed by atoms with Crippen LogP contribution in [0.25, 0.3) is 0 Å². The molecule has 3 heteroatoms. The van der Waals surface area contributed by atoms with Crippen molar-refractivity contribution in [1.82, 2.24) is 4.90 Å². The Balaban J connectivity index is 2.47. The molecule has 2 N–H and O–H groups in total. The first-order chi connectivity index (χ1) is 8.02. The van der Waals surface area contributed by atoms with Crippen molar-refractivity contribution < 1.29 is 10.2 Å². The lowest BCUT2D eigenvalue weighted by molar-refractivity contribution is 0.0669. The van der Waals surface area contributed by atoms with Crippen molar-refractivity contribution in [3.63, 3.8) is 0 Å². The SMILES string of the molecule is Cc1ccc(C)c(CCN(C)CC(O)CO)c1. The van der Waals surface area contributed by atoms with E-state index in [1.54, 1.807) is 0 Å². The maximum absolute atomic E-state index is 9.33. The number of aliphatic hydroxyl groups excluding tert-OH is 2. The van der Waals surface area contributed by atoms with E-state index in [4.69, 9.17) is 5.11 Å². The lowest BCUT2D eigenvalue weighted by Gasteiger charge is -2.19. The maximum atomic E-state index is 9.33. The molecule has 1 rings (SSSR count). The highest BCUT2D eigenvalue weighted by molar-refractivity contribution is 5.30. The highest BCUT2D eigenvalue weighted by Crippen LogP contribution is 2.11. The van der Waals surface area contributed by atoms with Gasteiger partial charge in [0.25, 0.3) is 0 Å². The summed E-state index contributed by atoms with van der Waals surface area (Å²) in [5, 5.41) is 18.1. The zero-order valence-electron chi connectivity index (χ0n) is 11.0. The first-order valence-corrected chi connectivity index (χ1v) is 6.06. The van der Waals surface area contributed by atoms with Gasteiger partial charge >= 0.3 is 0 Å². The predicted octanol–water partition coefficient (Wildman–Crippen LogP) is 1.13. The molecule has 0 heterocycles. The average Bonchev–Trinajstić information content (AvgIpc) is 2.30. The Hall–Kier alpha value is -0.900. The summed E-state index contributed by atoms with van der Waals surface area (Å²) in [4.78, 5) is 2.04. The van der Waals surface area contributed by atoms with Crippen molar-refractivity contribution in [3.05, 3.63) is 34.9 Å². The normalized spacial score (nSPS) is 13.1. The van der Waals surface area contributed by atoms with Gasteiger partial charge in [0.2, 0.25) is 0 Å². The van der Waals surface area contributed by atoms with Gasteiger partial charge in [0.05, 0.1) is 12.7 Å². The third-order valence-electron chi connectivity index (χ3n) is 3.00. The highest BCUT2D eigenvalue weighted by atomic mass is 16.3. The minimum atomic E-state index is -0.640. The molecule has 0 radical (unpaired) electrons. The molecule has 0 saturated heterocycles. The van der Waals surface area contributed by atoms with Crippen LogP contribution in [-0.4, -0.2) is 48.0 Å². The van der Waals surface area contributed by atoms with E-state index in [9.17, 15) is 5.11 Å². The molecule has 0 aliphatic carbocycles. The third-order valence-corrected chi connectivity index (χ3v) is 3.00. The summed E-state index contributed by atoms with van der Waals surface area (Å²) in [5.74, 6) is 0. The Morgan fingerprint density at radius 1 is 1.29 bits per heavy atom. The molecule has 0 fully saturated rings. The Morgan fingerprint density at radius 2 is 2.00 bits per heavy atom. The minimum absolute atomic E-state index is 0.173. The van der Waals surface area contributed by atoms with Crippen molar-refractivity contribution >= 4 is 0 Å². The molecule has 1 unspecified atom stereocenters. The number of aryl methyl sites for hydroxylation is 2. The number of hydrogen-bond acceptors (Lipinski definition) is 3. The fourth-order valence-electron chi connectivity index (χ4n) is 1.89. The molecule has 0 aliphatic rings. The van der Waals surface area contributed by atoms with Gasteiger partial charge in [0.15, 0.2) is 0 Å². The second-order valence-corrected chi connectivity index (χ2v) is 4.78. The topological polar surface area (TPSA) is 43.7 Å². The number of benzene rings is 1. The van der Waals surface area contributed by atoms with E-state index < -0.39 is 6.10 Å². The molecule has 0 aliphatic heterocycles. The van der Waals surface area contributed by atoms with Gasteiger partial charge < -0.3 is 15.1 Å². The summed E-state index contributed by atoms with van der Waals surface area (Å²) >= 11 is 0. The molecule has 1 aromatic carbocycles. The Kier molecular flexibility index (Phi) is 5.62. The summed E-state index contributed by atoms with van der Waals surface area (Å²) in [5.41, 5.74) is 3.95.